The van der Waals surface area contributed by atoms with Crippen LogP contribution < -0.4 is 11.2 Å². The van der Waals surface area contributed by atoms with Crippen molar-refractivity contribution in [3.05, 3.63) is 34.2 Å². The zero-order chi connectivity index (χ0) is 10.6. The van der Waals surface area contributed by atoms with Gasteiger partial charge in [-0.1, -0.05) is 17.2 Å². The molecule has 0 heterocycles. The Morgan fingerprint density at radius 1 is 1.43 bits per heavy atom. The number of nitrogens with two attached hydrogens (primary N) is 1. The molecule has 0 amide bonds. The van der Waals surface area contributed by atoms with E-state index in [-0.39, 0.29) is 12.0 Å². The fourth-order valence-corrected chi connectivity index (χ4v) is 1.08. The number of azide groups is 1. The van der Waals surface area contributed by atoms with E-state index in [1.807, 2.05) is 0 Å². The van der Waals surface area contributed by atoms with Crippen LogP contribution in [0.25, 0.3) is 10.4 Å². The van der Waals surface area contributed by atoms with Gasteiger partial charge in [-0.2, -0.15) is 0 Å². The number of rotatable bonds is 3. The molecule has 0 saturated heterocycles. The third-order valence-corrected chi connectivity index (χ3v) is 1.69. The van der Waals surface area contributed by atoms with Crippen LogP contribution in [0.3, 0.4) is 0 Å². The normalized spacial score (nSPS) is 9.36. The van der Waals surface area contributed by atoms with E-state index in [4.69, 9.17) is 21.3 Å². The summed E-state index contributed by atoms with van der Waals surface area (Å²) in [5, 5.41) is 21.2. The molecule has 1 aromatic carbocycles. The molecule has 0 aliphatic rings. The van der Waals surface area contributed by atoms with Gasteiger partial charge in [-0.05, 0) is 22.6 Å². The zero-order valence-corrected chi connectivity index (χ0v) is 7.33. The van der Waals surface area contributed by atoms with Gasteiger partial charge in [0.1, 0.15) is 0 Å². The van der Waals surface area contributed by atoms with Crippen molar-refractivity contribution in [3.8, 4) is 0 Å². The van der Waals surface area contributed by atoms with E-state index >= 15 is 0 Å². The topological polar surface area (TPSA) is 115 Å². The Kier molecular flexibility index (Phi) is 3.50. The molecule has 1 rings (SSSR count). The van der Waals surface area contributed by atoms with Crippen molar-refractivity contribution >= 4 is 18.3 Å². The molecule has 0 spiro atoms. The molecule has 0 aromatic heterocycles. The summed E-state index contributed by atoms with van der Waals surface area (Å²) in [6, 6.07) is 4.52. The molecular weight excluding hydrogens is 183 g/mol. The van der Waals surface area contributed by atoms with Gasteiger partial charge in [-0.25, -0.2) is 0 Å². The first-order valence-electron chi connectivity index (χ1n) is 3.92. The van der Waals surface area contributed by atoms with Crippen LogP contribution in [0, 0.1) is 0 Å². The fourth-order valence-electron chi connectivity index (χ4n) is 1.08. The Hall–Kier alpha value is -1.53. The van der Waals surface area contributed by atoms with Gasteiger partial charge in [0.15, 0.2) is 0 Å². The quantitative estimate of drug-likeness (QED) is 0.265. The Morgan fingerprint density at radius 2 is 2.14 bits per heavy atom. The zero-order valence-electron chi connectivity index (χ0n) is 7.33. The molecule has 0 saturated carbocycles. The summed E-state index contributed by atoms with van der Waals surface area (Å²) in [6.07, 6.45) is 0. The second-order valence-corrected chi connectivity index (χ2v) is 2.70. The predicted molar refractivity (Wildman–Crippen MR) is 53.0 cm³/mol. The van der Waals surface area contributed by atoms with Crippen molar-refractivity contribution in [1.82, 2.24) is 0 Å². The van der Waals surface area contributed by atoms with Crippen LogP contribution in [0.5, 0.6) is 0 Å². The summed E-state index contributed by atoms with van der Waals surface area (Å²) < 4.78 is 0. The Balaban J connectivity index is 3.19. The maximum Gasteiger partial charge on any atom is 0.488 e. The molecule has 7 heteroatoms. The first-order valence-corrected chi connectivity index (χ1v) is 3.92. The van der Waals surface area contributed by atoms with Crippen LogP contribution in [-0.2, 0) is 6.54 Å². The van der Waals surface area contributed by atoms with Crippen molar-refractivity contribution in [2.75, 3.05) is 0 Å². The average molecular weight is 192 g/mol. The highest BCUT2D eigenvalue weighted by atomic mass is 16.4. The molecule has 14 heavy (non-hydrogen) atoms. The standard InChI is InChI=1S/C7H9BN4O2/c9-4-5-1-6(8(13)14)3-7(2-5)11-12-10/h1-3,13-14H,4,9H2. The van der Waals surface area contributed by atoms with Gasteiger partial charge < -0.3 is 15.8 Å². The molecule has 4 N–H and O–H groups in total. The van der Waals surface area contributed by atoms with E-state index in [0.717, 1.165) is 0 Å². The summed E-state index contributed by atoms with van der Waals surface area (Å²) >= 11 is 0. The maximum atomic E-state index is 8.92. The van der Waals surface area contributed by atoms with Gasteiger partial charge in [0.25, 0.3) is 0 Å². The first-order chi connectivity index (χ1) is 6.67. The van der Waals surface area contributed by atoms with E-state index in [9.17, 15) is 0 Å². The van der Waals surface area contributed by atoms with Crippen molar-refractivity contribution in [2.24, 2.45) is 10.8 Å². The molecule has 0 fully saturated rings. The lowest BCUT2D eigenvalue weighted by molar-refractivity contribution is 0.425. The molecule has 72 valence electrons. The van der Waals surface area contributed by atoms with Crippen LogP contribution in [0.4, 0.5) is 5.69 Å². The van der Waals surface area contributed by atoms with Crippen molar-refractivity contribution in [1.29, 1.82) is 0 Å². The highest BCUT2D eigenvalue weighted by Gasteiger charge is 2.12. The van der Waals surface area contributed by atoms with Crippen molar-refractivity contribution < 1.29 is 10.0 Å². The summed E-state index contributed by atoms with van der Waals surface area (Å²) in [7, 11) is -1.59. The number of nitrogens with zero attached hydrogens (tertiary/aromatic N) is 3. The van der Waals surface area contributed by atoms with E-state index < -0.39 is 7.12 Å². The number of benzene rings is 1. The minimum atomic E-state index is -1.59. The molecule has 1 aromatic rings. The van der Waals surface area contributed by atoms with E-state index in [2.05, 4.69) is 10.0 Å². The number of hydrogen-bond donors (Lipinski definition) is 3. The molecule has 0 atom stereocenters. The second kappa shape index (κ2) is 4.64. The fraction of sp³-hybridized carbons (Fsp3) is 0.143. The molecule has 0 radical (unpaired) electrons. The molecule has 0 unspecified atom stereocenters. The first kappa shape index (κ1) is 10.6. The van der Waals surface area contributed by atoms with Crippen LogP contribution in [0.15, 0.2) is 23.3 Å². The summed E-state index contributed by atoms with van der Waals surface area (Å²) in [5.41, 5.74) is 14.9. The lowest BCUT2D eigenvalue weighted by Crippen LogP contribution is -2.30. The van der Waals surface area contributed by atoms with Gasteiger partial charge in [0.2, 0.25) is 0 Å². The van der Waals surface area contributed by atoms with Gasteiger partial charge in [-0.15, -0.1) is 0 Å². The van der Waals surface area contributed by atoms with Gasteiger partial charge in [-0.3, -0.25) is 0 Å². The van der Waals surface area contributed by atoms with Crippen molar-refractivity contribution in [3.63, 3.8) is 0 Å². The Morgan fingerprint density at radius 3 is 2.64 bits per heavy atom. The summed E-state index contributed by atoms with van der Waals surface area (Å²) in [4.78, 5) is 2.60. The maximum absolute atomic E-state index is 8.92. The van der Waals surface area contributed by atoms with E-state index in [1.54, 1.807) is 12.1 Å². The second-order valence-electron chi connectivity index (χ2n) is 2.70. The Labute approximate surface area is 80.8 Å². The van der Waals surface area contributed by atoms with Crippen LogP contribution >= 0.6 is 0 Å². The van der Waals surface area contributed by atoms with Crippen LogP contribution in [-0.4, -0.2) is 17.2 Å². The largest absolute Gasteiger partial charge is 0.488 e. The molecule has 0 aliphatic carbocycles. The number of hydrogen-bond acceptors (Lipinski definition) is 4. The molecule has 0 bridgehead atoms. The predicted octanol–water partition coefficient (Wildman–Crippen LogP) is -0.233. The molecule has 0 aliphatic heterocycles. The SMILES string of the molecule is [N-]=[N+]=Nc1cc(CN)cc(B(O)O)c1. The van der Waals surface area contributed by atoms with Gasteiger partial charge >= 0.3 is 7.12 Å². The van der Waals surface area contributed by atoms with Crippen molar-refractivity contribution in [2.45, 2.75) is 6.54 Å². The molecule has 6 nitrogen and oxygen atoms in total. The lowest BCUT2D eigenvalue weighted by atomic mass is 9.79. The third-order valence-electron chi connectivity index (χ3n) is 1.69. The molecular formula is C7H9BN4O2. The summed E-state index contributed by atoms with van der Waals surface area (Å²) in [6.45, 7) is 0.245. The monoisotopic (exact) mass is 192 g/mol. The Bertz CT molecular complexity index is 376. The van der Waals surface area contributed by atoms with Crippen LogP contribution in [0.1, 0.15) is 5.56 Å². The van der Waals surface area contributed by atoms with E-state index in [1.165, 1.54) is 6.07 Å². The minimum Gasteiger partial charge on any atom is -0.423 e. The highest BCUT2D eigenvalue weighted by molar-refractivity contribution is 6.58. The van der Waals surface area contributed by atoms with Crippen LogP contribution in [0.2, 0.25) is 0 Å². The van der Waals surface area contributed by atoms with E-state index in [0.29, 0.717) is 11.3 Å². The smallest absolute Gasteiger partial charge is 0.423 e. The lowest BCUT2D eigenvalue weighted by Gasteiger charge is -2.04. The highest BCUT2D eigenvalue weighted by Crippen LogP contribution is 2.12. The summed E-state index contributed by atoms with van der Waals surface area (Å²) in [5.74, 6) is 0. The average Bonchev–Trinajstić information content (AvgIpc) is 2.17. The third kappa shape index (κ3) is 2.48. The van der Waals surface area contributed by atoms with Gasteiger partial charge in [0.05, 0.1) is 0 Å². The minimum absolute atomic E-state index is 0.245. The van der Waals surface area contributed by atoms with Gasteiger partial charge in [0, 0.05) is 17.1 Å².